The molecule has 0 spiro atoms. The zero-order chi connectivity index (χ0) is 24.0. The molecular formula is C29H25FN4O. The van der Waals surface area contributed by atoms with Crippen LogP contribution in [0.4, 0.5) is 14.9 Å². The second-order valence-corrected chi connectivity index (χ2v) is 8.32. The summed E-state index contributed by atoms with van der Waals surface area (Å²) in [5.74, 6) is 0.696. The van der Waals surface area contributed by atoms with E-state index in [9.17, 15) is 9.18 Å². The third-order valence-electron chi connectivity index (χ3n) is 5.83. The number of halogens is 1. The van der Waals surface area contributed by atoms with Gasteiger partial charge in [-0.15, -0.1) is 0 Å². The first-order valence-electron chi connectivity index (χ1n) is 11.6. The van der Waals surface area contributed by atoms with E-state index in [2.05, 4.69) is 39.5 Å². The molecule has 35 heavy (non-hydrogen) atoms. The molecule has 0 aliphatic carbocycles. The Bertz CT molecular complexity index is 1450. The fraction of sp³-hybridized carbons (Fsp3) is 0.103. The van der Waals surface area contributed by atoms with E-state index in [1.165, 1.54) is 12.1 Å². The van der Waals surface area contributed by atoms with Crippen LogP contribution in [0.2, 0.25) is 0 Å². The first-order valence-corrected chi connectivity index (χ1v) is 11.6. The molecule has 0 fully saturated rings. The number of hydrogen-bond acceptors (Lipinski definition) is 2. The number of hydrogen-bond donors (Lipinski definition) is 2. The summed E-state index contributed by atoms with van der Waals surface area (Å²) in [5.41, 5.74) is 5.80. The molecule has 6 heteroatoms. The third kappa shape index (κ3) is 5.38. The van der Waals surface area contributed by atoms with Gasteiger partial charge in [-0.25, -0.2) is 14.2 Å². The van der Waals surface area contributed by atoms with E-state index in [-0.39, 0.29) is 11.8 Å². The van der Waals surface area contributed by atoms with Crippen LogP contribution in [-0.4, -0.2) is 15.6 Å². The van der Waals surface area contributed by atoms with Crippen molar-refractivity contribution in [3.8, 4) is 5.69 Å². The summed E-state index contributed by atoms with van der Waals surface area (Å²) in [6, 6.07) is 32.0. The molecule has 1 heterocycles. The molecule has 4 aromatic carbocycles. The molecule has 0 saturated carbocycles. The second-order valence-electron chi connectivity index (χ2n) is 8.32. The molecule has 0 radical (unpaired) electrons. The van der Waals surface area contributed by atoms with Crippen LogP contribution in [0.5, 0.6) is 0 Å². The fourth-order valence-electron chi connectivity index (χ4n) is 4.13. The molecule has 5 aromatic rings. The number of para-hydroxylation sites is 3. The smallest absolute Gasteiger partial charge is 0.319 e. The molecule has 2 N–H and O–H groups in total. The van der Waals surface area contributed by atoms with Gasteiger partial charge in [0.15, 0.2) is 0 Å². The summed E-state index contributed by atoms with van der Waals surface area (Å²) >= 11 is 0. The van der Waals surface area contributed by atoms with Crippen LogP contribution in [0.25, 0.3) is 16.7 Å². The molecule has 0 unspecified atom stereocenters. The van der Waals surface area contributed by atoms with E-state index in [0.717, 1.165) is 52.2 Å². The first kappa shape index (κ1) is 22.3. The lowest BCUT2D eigenvalue weighted by Gasteiger charge is -2.11. The Kier molecular flexibility index (Phi) is 6.52. The van der Waals surface area contributed by atoms with E-state index in [4.69, 9.17) is 4.98 Å². The van der Waals surface area contributed by atoms with Crippen LogP contribution < -0.4 is 10.6 Å². The number of aryl methyl sites for hydroxylation is 2. The molecule has 5 nitrogen and oxygen atoms in total. The van der Waals surface area contributed by atoms with E-state index in [1.807, 2.05) is 54.6 Å². The Morgan fingerprint density at radius 2 is 1.57 bits per heavy atom. The van der Waals surface area contributed by atoms with Gasteiger partial charge in [-0.05, 0) is 66.1 Å². The van der Waals surface area contributed by atoms with Crippen molar-refractivity contribution in [2.45, 2.75) is 19.4 Å². The fourth-order valence-corrected chi connectivity index (χ4v) is 4.13. The minimum Gasteiger partial charge on any atom is -0.334 e. The van der Waals surface area contributed by atoms with Crippen LogP contribution in [-0.2, 0) is 19.4 Å². The number of urea groups is 1. The topological polar surface area (TPSA) is 59.0 Å². The van der Waals surface area contributed by atoms with Crippen molar-refractivity contribution in [2.75, 3.05) is 5.32 Å². The Morgan fingerprint density at radius 3 is 2.40 bits per heavy atom. The first-order chi connectivity index (χ1) is 17.2. The van der Waals surface area contributed by atoms with Gasteiger partial charge in [-0.2, -0.15) is 0 Å². The van der Waals surface area contributed by atoms with Crippen LogP contribution in [0.3, 0.4) is 0 Å². The number of imidazole rings is 1. The lowest BCUT2D eigenvalue weighted by Crippen LogP contribution is -2.28. The summed E-state index contributed by atoms with van der Waals surface area (Å²) in [6.45, 7) is 0.321. The number of nitrogens with zero attached hydrogens (tertiary/aromatic N) is 2. The van der Waals surface area contributed by atoms with Crippen molar-refractivity contribution in [1.82, 2.24) is 14.9 Å². The van der Waals surface area contributed by atoms with Gasteiger partial charge < -0.3 is 10.6 Å². The average molecular weight is 465 g/mol. The largest absolute Gasteiger partial charge is 0.334 e. The van der Waals surface area contributed by atoms with Crippen molar-refractivity contribution in [2.24, 2.45) is 0 Å². The Morgan fingerprint density at radius 1 is 0.800 bits per heavy atom. The van der Waals surface area contributed by atoms with Gasteiger partial charge in [0.1, 0.15) is 11.6 Å². The van der Waals surface area contributed by atoms with E-state index < -0.39 is 0 Å². The number of rotatable bonds is 7. The van der Waals surface area contributed by atoms with Gasteiger partial charge in [0.05, 0.1) is 11.0 Å². The number of aromatic nitrogens is 2. The number of fused-ring (bicyclic) bond motifs is 1. The zero-order valence-electron chi connectivity index (χ0n) is 19.1. The quantitative estimate of drug-likeness (QED) is 0.298. The highest BCUT2D eigenvalue weighted by atomic mass is 19.1. The predicted octanol–water partition coefficient (Wildman–Crippen LogP) is 6.27. The summed E-state index contributed by atoms with van der Waals surface area (Å²) in [5, 5.41) is 5.67. The number of carbonyl (C=O) groups excluding carboxylic acids is 1. The van der Waals surface area contributed by atoms with Crippen LogP contribution in [0.1, 0.15) is 17.0 Å². The number of benzene rings is 4. The minimum absolute atomic E-state index is 0.297. The van der Waals surface area contributed by atoms with Gasteiger partial charge in [0.2, 0.25) is 0 Å². The Hall–Kier alpha value is -4.45. The zero-order valence-corrected chi connectivity index (χ0v) is 19.1. The van der Waals surface area contributed by atoms with Crippen molar-refractivity contribution in [3.63, 3.8) is 0 Å². The van der Waals surface area contributed by atoms with Crippen LogP contribution in [0.15, 0.2) is 103 Å². The lowest BCUT2D eigenvalue weighted by atomic mass is 10.1. The molecular weight excluding hydrogens is 439 g/mol. The molecule has 0 atom stereocenters. The van der Waals surface area contributed by atoms with Crippen LogP contribution >= 0.6 is 0 Å². The third-order valence-corrected chi connectivity index (χ3v) is 5.83. The summed E-state index contributed by atoms with van der Waals surface area (Å²) in [7, 11) is 0. The number of carbonyl (C=O) groups is 1. The van der Waals surface area contributed by atoms with Gasteiger partial charge in [0, 0.05) is 24.3 Å². The Labute approximate surface area is 203 Å². The normalized spacial score (nSPS) is 10.9. The van der Waals surface area contributed by atoms with E-state index >= 15 is 0 Å². The maximum absolute atomic E-state index is 13.0. The van der Waals surface area contributed by atoms with Gasteiger partial charge in [-0.3, -0.25) is 4.57 Å². The van der Waals surface area contributed by atoms with Gasteiger partial charge >= 0.3 is 6.03 Å². The van der Waals surface area contributed by atoms with Crippen molar-refractivity contribution in [1.29, 1.82) is 0 Å². The molecule has 0 aliphatic heterocycles. The minimum atomic E-state index is -0.308. The van der Waals surface area contributed by atoms with Crippen molar-refractivity contribution in [3.05, 3.63) is 126 Å². The molecule has 0 saturated heterocycles. The number of anilines is 1. The van der Waals surface area contributed by atoms with Crippen molar-refractivity contribution >= 4 is 22.8 Å². The SMILES string of the molecule is O=C(NCc1ccc(F)cc1)Nc1cccc(CCc2nc3ccccc3n2-c2ccccc2)c1. The second kappa shape index (κ2) is 10.2. The molecule has 0 bridgehead atoms. The van der Waals surface area contributed by atoms with E-state index in [1.54, 1.807) is 12.1 Å². The summed E-state index contributed by atoms with van der Waals surface area (Å²) in [6.07, 6.45) is 1.53. The van der Waals surface area contributed by atoms with E-state index in [0.29, 0.717) is 6.54 Å². The Balaban J connectivity index is 1.26. The molecule has 5 rings (SSSR count). The average Bonchev–Trinajstić information content (AvgIpc) is 3.26. The van der Waals surface area contributed by atoms with Crippen LogP contribution in [0, 0.1) is 5.82 Å². The van der Waals surface area contributed by atoms with Crippen molar-refractivity contribution < 1.29 is 9.18 Å². The predicted molar refractivity (Wildman–Crippen MR) is 137 cm³/mol. The van der Waals surface area contributed by atoms with Gasteiger partial charge in [0.25, 0.3) is 0 Å². The highest BCUT2D eigenvalue weighted by Crippen LogP contribution is 2.23. The highest BCUT2D eigenvalue weighted by molar-refractivity contribution is 5.89. The maximum Gasteiger partial charge on any atom is 0.319 e. The molecule has 1 aromatic heterocycles. The summed E-state index contributed by atoms with van der Waals surface area (Å²) < 4.78 is 15.2. The molecule has 2 amide bonds. The number of amides is 2. The molecule has 0 aliphatic rings. The highest BCUT2D eigenvalue weighted by Gasteiger charge is 2.12. The standard InChI is InChI=1S/C29H25FN4O/c30-23-16-13-22(14-17-23)20-31-29(35)32-24-8-6-7-21(19-24)15-18-28-33-26-11-4-5-12-27(26)34(28)25-9-2-1-3-10-25/h1-14,16-17,19H,15,18,20H2,(H2,31,32,35). The monoisotopic (exact) mass is 464 g/mol. The maximum atomic E-state index is 13.0. The number of nitrogens with one attached hydrogen (secondary N) is 2. The lowest BCUT2D eigenvalue weighted by molar-refractivity contribution is 0.251. The van der Waals surface area contributed by atoms with Gasteiger partial charge in [-0.1, -0.05) is 54.6 Å². The molecule has 174 valence electrons. The summed E-state index contributed by atoms with van der Waals surface area (Å²) in [4.78, 5) is 17.2.